The number of nitrogens with two attached hydrogens (primary N) is 1. The quantitative estimate of drug-likeness (QED) is 0.740. The molecule has 0 fully saturated rings. The molecule has 2 aromatic heterocycles. The number of amides is 1. The first-order chi connectivity index (χ1) is 10.6. The lowest BCUT2D eigenvalue weighted by Crippen LogP contribution is -2.30. The number of nitrogen functional groups attached to an aromatic ring is 1. The highest BCUT2D eigenvalue weighted by Gasteiger charge is 2.20. The van der Waals surface area contributed by atoms with Gasteiger partial charge in [0.25, 0.3) is 11.5 Å². The third-order valence-corrected chi connectivity index (χ3v) is 3.49. The molecule has 0 saturated heterocycles. The summed E-state index contributed by atoms with van der Waals surface area (Å²) in [4.78, 5) is 32.5. The zero-order valence-corrected chi connectivity index (χ0v) is 12.1. The van der Waals surface area contributed by atoms with Crippen LogP contribution >= 0.6 is 0 Å². The minimum Gasteiger partial charge on any atom is -0.384 e. The van der Waals surface area contributed by atoms with Crippen LogP contribution in [0.1, 0.15) is 22.5 Å². The van der Waals surface area contributed by atoms with E-state index in [1.807, 2.05) is 0 Å². The molecule has 4 N–H and O–H groups in total. The minimum atomic E-state index is -0.255. The van der Waals surface area contributed by atoms with Crippen molar-refractivity contribution in [2.75, 3.05) is 17.6 Å². The van der Waals surface area contributed by atoms with Gasteiger partial charge in [-0.25, -0.2) is 9.97 Å². The molecule has 114 valence electrons. The fraction of sp³-hybridized carbons (Fsp3) is 0.286. The first-order valence-corrected chi connectivity index (χ1v) is 6.93. The summed E-state index contributed by atoms with van der Waals surface area (Å²) in [6.45, 7) is 2.86. The standard InChI is InChI=1S/C14H16N6O2/c1-8-5-9(19-11-6-10(15)17-7-18-11)14(22)20-4-2-3-16-13(21)12(8)20/h5-7H,2-4H2,1H3,(H,16,21)(H3,15,17,18,19). The molecule has 1 amide bonds. The molecule has 3 heterocycles. The van der Waals surface area contributed by atoms with Crippen LogP contribution in [0.4, 0.5) is 17.3 Å². The summed E-state index contributed by atoms with van der Waals surface area (Å²) in [5, 5.41) is 5.73. The molecular formula is C14H16N6O2. The molecule has 2 aromatic rings. The van der Waals surface area contributed by atoms with Crippen molar-refractivity contribution in [3.05, 3.63) is 40.1 Å². The molecule has 0 radical (unpaired) electrons. The average Bonchev–Trinajstić information content (AvgIpc) is 2.67. The molecule has 0 spiro atoms. The number of nitrogens with one attached hydrogen (secondary N) is 2. The maximum atomic E-state index is 12.6. The molecule has 3 rings (SSSR count). The highest BCUT2D eigenvalue weighted by atomic mass is 16.2. The summed E-state index contributed by atoms with van der Waals surface area (Å²) in [5.41, 5.74) is 6.84. The van der Waals surface area contributed by atoms with E-state index in [0.717, 1.165) is 5.56 Å². The van der Waals surface area contributed by atoms with Crippen molar-refractivity contribution in [2.45, 2.75) is 19.9 Å². The van der Waals surface area contributed by atoms with Gasteiger partial charge in [0, 0.05) is 19.2 Å². The van der Waals surface area contributed by atoms with E-state index in [2.05, 4.69) is 20.6 Å². The van der Waals surface area contributed by atoms with Crippen LogP contribution in [0.25, 0.3) is 0 Å². The topological polar surface area (TPSA) is 115 Å². The van der Waals surface area contributed by atoms with E-state index in [1.165, 1.54) is 17.0 Å². The van der Waals surface area contributed by atoms with Crippen LogP contribution in [0.2, 0.25) is 0 Å². The third kappa shape index (κ3) is 2.50. The zero-order valence-electron chi connectivity index (χ0n) is 12.1. The molecule has 1 aliphatic rings. The highest BCUT2D eigenvalue weighted by Crippen LogP contribution is 2.17. The first-order valence-electron chi connectivity index (χ1n) is 6.93. The summed E-state index contributed by atoms with van der Waals surface area (Å²) in [6.07, 6.45) is 2.03. The van der Waals surface area contributed by atoms with Gasteiger partial charge in [-0.15, -0.1) is 0 Å². The largest absolute Gasteiger partial charge is 0.384 e. The van der Waals surface area contributed by atoms with Crippen molar-refractivity contribution < 1.29 is 4.79 Å². The second-order valence-corrected chi connectivity index (χ2v) is 5.11. The van der Waals surface area contributed by atoms with Crippen molar-refractivity contribution in [3.63, 3.8) is 0 Å². The van der Waals surface area contributed by atoms with E-state index in [-0.39, 0.29) is 11.5 Å². The molecular weight excluding hydrogens is 284 g/mol. The Morgan fingerprint density at radius 1 is 1.32 bits per heavy atom. The normalized spacial score (nSPS) is 14.0. The maximum Gasteiger partial charge on any atom is 0.274 e. The van der Waals surface area contributed by atoms with Crippen LogP contribution in [-0.2, 0) is 6.54 Å². The third-order valence-electron chi connectivity index (χ3n) is 3.49. The van der Waals surface area contributed by atoms with Gasteiger partial charge < -0.3 is 20.9 Å². The van der Waals surface area contributed by atoms with Crippen molar-refractivity contribution in [1.29, 1.82) is 0 Å². The Bertz CT molecular complexity index is 798. The number of fused-ring (bicyclic) bond motifs is 1. The Kier molecular flexibility index (Phi) is 3.50. The zero-order chi connectivity index (χ0) is 15.7. The number of rotatable bonds is 2. The molecule has 0 unspecified atom stereocenters. The van der Waals surface area contributed by atoms with Gasteiger partial charge in [0.2, 0.25) is 0 Å². The van der Waals surface area contributed by atoms with E-state index in [9.17, 15) is 9.59 Å². The Morgan fingerprint density at radius 2 is 2.14 bits per heavy atom. The number of aryl methyl sites for hydroxylation is 1. The number of anilines is 3. The number of nitrogens with zero attached hydrogens (tertiary/aromatic N) is 3. The number of carbonyl (C=O) groups is 1. The number of hydrogen-bond acceptors (Lipinski definition) is 6. The second-order valence-electron chi connectivity index (χ2n) is 5.11. The Morgan fingerprint density at radius 3 is 2.91 bits per heavy atom. The summed E-state index contributed by atoms with van der Waals surface area (Å²) in [6, 6.07) is 3.19. The van der Waals surface area contributed by atoms with E-state index in [0.29, 0.717) is 42.5 Å². The molecule has 8 nitrogen and oxygen atoms in total. The van der Waals surface area contributed by atoms with Crippen molar-refractivity contribution in [2.24, 2.45) is 0 Å². The van der Waals surface area contributed by atoms with Gasteiger partial charge in [-0.05, 0) is 25.0 Å². The van der Waals surface area contributed by atoms with Crippen molar-refractivity contribution in [3.8, 4) is 0 Å². The monoisotopic (exact) mass is 300 g/mol. The highest BCUT2D eigenvalue weighted by molar-refractivity contribution is 5.94. The molecule has 0 aromatic carbocycles. The molecule has 0 bridgehead atoms. The fourth-order valence-corrected chi connectivity index (χ4v) is 2.51. The van der Waals surface area contributed by atoms with E-state index >= 15 is 0 Å². The molecule has 0 aliphatic carbocycles. The summed E-state index contributed by atoms with van der Waals surface area (Å²) >= 11 is 0. The van der Waals surface area contributed by atoms with Gasteiger partial charge in [0.15, 0.2) is 0 Å². The lowest BCUT2D eigenvalue weighted by Gasteiger charge is -2.14. The van der Waals surface area contributed by atoms with E-state index in [1.54, 1.807) is 13.0 Å². The van der Waals surface area contributed by atoms with Gasteiger partial charge in [0.1, 0.15) is 29.3 Å². The fourth-order valence-electron chi connectivity index (χ4n) is 2.51. The predicted octanol–water partition coefficient (Wildman–Crippen LogP) is 0.406. The maximum absolute atomic E-state index is 12.6. The van der Waals surface area contributed by atoms with Crippen LogP contribution in [0.15, 0.2) is 23.3 Å². The molecule has 0 saturated carbocycles. The summed E-state index contributed by atoms with van der Waals surface area (Å²) in [7, 11) is 0. The number of pyridine rings is 1. The lowest BCUT2D eigenvalue weighted by molar-refractivity contribution is 0.0949. The van der Waals surface area contributed by atoms with Gasteiger partial charge >= 0.3 is 0 Å². The molecule has 22 heavy (non-hydrogen) atoms. The van der Waals surface area contributed by atoms with E-state index < -0.39 is 0 Å². The summed E-state index contributed by atoms with van der Waals surface area (Å²) in [5.74, 6) is 0.524. The Balaban J connectivity index is 2.07. The number of aromatic nitrogens is 3. The van der Waals surface area contributed by atoms with Gasteiger partial charge in [-0.1, -0.05) is 0 Å². The van der Waals surface area contributed by atoms with Gasteiger partial charge in [0.05, 0.1) is 0 Å². The SMILES string of the molecule is Cc1cc(Nc2cc(N)ncn2)c(=O)n2c1C(=O)NCCC2. The Labute approximate surface area is 126 Å². The van der Waals surface area contributed by atoms with E-state index in [4.69, 9.17) is 5.73 Å². The number of hydrogen-bond donors (Lipinski definition) is 3. The number of carbonyl (C=O) groups excluding carboxylic acids is 1. The smallest absolute Gasteiger partial charge is 0.274 e. The van der Waals surface area contributed by atoms with Gasteiger partial charge in [-0.3, -0.25) is 9.59 Å². The Hall–Kier alpha value is -2.90. The summed E-state index contributed by atoms with van der Waals surface area (Å²) < 4.78 is 1.50. The van der Waals surface area contributed by atoms with Crippen molar-refractivity contribution >= 4 is 23.2 Å². The van der Waals surface area contributed by atoms with Crippen LogP contribution in [-0.4, -0.2) is 27.0 Å². The molecule has 1 aliphatic heterocycles. The van der Waals surface area contributed by atoms with Crippen molar-refractivity contribution in [1.82, 2.24) is 19.9 Å². The van der Waals surface area contributed by atoms with Crippen LogP contribution in [0.5, 0.6) is 0 Å². The molecule has 0 atom stereocenters. The molecule has 8 heteroatoms. The second kappa shape index (κ2) is 5.47. The minimum absolute atomic E-state index is 0.218. The van der Waals surface area contributed by atoms with Crippen LogP contribution < -0.4 is 21.9 Å². The van der Waals surface area contributed by atoms with Crippen LogP contribution in [0, 0.1) is 6.92 Å². The van der Waals surface area contributed by atoms with Crippen LogP contribution in [0.3, 0.4) is 0 Å². The average molecular weight is 300 g/mol. The first kappa shape index (κ1) is 14.1. The van der Waals surface area contributed by atoms with Gasteiger partial charge in [-0.2, -0.15) is 0 Å². The lowest BCUT2D eigenvalue weighted by atomic mass is 10.1. The predicted molar refractivity (Wildman–Crippen MR) is 82.1 cm³/mol.